The minimum absolute atomic E-state index is 0.0146. The summed E-state index contributed by atoms with van der Waals surface area (Å²) in [6.45, 7) is 6.10. The van der Waals surface area contributed by atoms with E-state index in [1.54, 1.807) is 24.7 Å². The SMILES string of the molecule is COc1ccc(C=CC(=O)NC[C@H]2CCCC[C@@H]2CN2CCN(c3nsc4ccccc34)CC2)cc1. The summed E-state index contributed by atoms with van der Waals surface area (Å²) in [7, 11) is 1.65. The van der Waals surface area contributed by atoms with Crippen LogP contribution in [0.1, 0.15) is 31.2 Å². The number of carbonyl (C=O) groups is 1. The lowest BCUT2D eigenvalue weighted by Gasteiger charge is -2.40. The molecule has 1 N–H and O–H groups in total. The minimum atomic E-state index is -0.0146. The first-order valence-electron chi connectivity index (χ1n) is 13.1. The Kier molecular flexibility index (Phi) is 8.18. The summed E-state index contributed by atoms with van der Waals surface area (Å²) in [6.07, 6.45) is 8.54. The maximum absolute atomic E-state index is 12.5. The highest BCUT2D eigenvalue weighted by atomic mass is 32.1. The van der Waals surface area contributed by atoms with Crippen molar-refractivity contribution in [3.05, 3.63) is 60.2 Å². The first-order chi connectivity index (χ1) is 17.7. The molecule has 0 bridgehead atoms. The van der Waals surface area contributed by atoms with E-state index in [1.165, 1.54) is 35.8 Å². The van der Waals surface area contributed by atoms with Crippen LogP contribution in [-0.4, -0.2) is 61.6 Å². The number of nitrogens with one attached hydrogen (secondary N) is 1. The maximum Gasteiger partial charge on any atom is 0.244 e. The normalized spacial score (nSPS) is 21.2. The van der Waals surface area contributed by atoms with Gasteiger partial charge in [0.2, 0.25) is 5.91 Å². The molecule has 0 radical (unpaired) electrons. The van der Waals surface area contributed by atoms with E-state index in [-0.39, 0.29) is 5.91 Å². The van der Waals surface area contributed by atoms with Crippen LogP contribution in [0.15, 0.2) is 54.6 Å². The highest BCUT2D eigenvalue weighted by molar-refractivity contribution is 7.13. The zero-order valence-corrected chi connectivity index (χ0v) is 21.9. The van der Waals surface area contributed by atoms with Gasteiger partial charge in [-0.15, -0.1) is 0 Å². The van der Waals surface area contributed by atoms with Crippen LogP contribution >= 0.6 is 11.5 Å². The van der Waals surface area contributed by atoms with Crippen molar-refractivity contribution in [2.24, 2.45) is 11.8 Å². The number of fused-ring (bicyclic) bond motifs is 1. The second-order valence-electron chi connectivity index (χ2n) is 9.95. The summed E-state index contributed by atoms with van der Waals surface area (Å²) in [4.78, 5) is 17.5. The van der Waals surface area contributed by atoms with Gasteiger partial charge < -0.3 is 15.0 Å². The Labute approximate surface area is 218 Å². The summed E-state index contributed by atoms with van der Waals surface area (Å²) in [5, 5.41) is 4.45. The molecule has 1 amide bonds. The van der Waals surface area contributed by atoms with E-state index >= 15 is 0 Å². The molecule has 1 saturated heterocycles. The third-order valence-electron chi connectivity index (χ3n) is 7.67. The number of piperazine rings is 1. The number of methoxy groups -OCH3 is 1. The molecule has 5 rings (SSSR count). The topological polar surface area (TPSA) is 57.7 Å². The van der Waals surface area contributed by atoms with Crippen molar-refractivity contribution in [3.63, 3.8) is 0 Å². The average molecular weight is 505 g/mol. The van der Waals surface area contributed by atoms with Gasteiger partial charge in [-0.2, -0.15) is 4.37 Å². The van der Waals surface area contributed by atoms with Crippen LogP contribution in [0.2, 0.25) is 0 Å². The highest BCUT2D eigenvalue weighted by Gasteiger charge is 2.29. The number of aromatic nitrogens is 1. The van der Waals surface area contributed by atoms with Crippen molar-refractivity contribution in [1.29, 1.82) is 0 Å². The van der Waals surface area contributed by atoms with Gasteiger partial charge in [-0.25, -0.2) is 0 Å². The summed E-state index contributed by atoms with van der Waals surface area (Å²) < 4.78 is 11.2. The van der Waals surface area contributed by atoms with E-state index < -0.39 is 0 Å². The fraction of sp³-hybridized carbons (Fsp3) is 0.448. The summed E-state index contributed by atoms with van der Waals surface area (Å²) in [6, 6.07) is 16.3. The van der Waals surface area contributed by atoms with Crippen LogP contribution < -0.4 is 15.0 Å². The number of ether oxygens (including phenoxy) is 1. The summed E-state index contributed by atoms with van der Waals surface area (Å²) in [5.74, 6) is 3.15. The number of nitrogens with zero attached hydrogens (tertiary/aromatic N) is 3. The molecule has 3 aromatic rings. The van der Waals surface area contributed by atoms with Crippen LogP contribution in [0.3, 0.4) is 0 Å². The molecule has 0 unspecified atom stereocenters. The van der Waals surface area contributed by atoms with Crippen LogP contribution in [0.4, 0.5) is 5.82 Å². The quantitative estimate of drug-likeness (QED) is 0.435. The van der Waals surface area contributed by atoms with Gasteiger partial charge in [0, 0.05) is 50.7 Å². The van der Waals surface area contributed by atoms with E-state index in [1.807, 2.05) is 30.3 Å². The second kappa shape index (κ2) is 11.9. The molecule has 2 atom stereocenters. The number of rotatable bonds is 8. The van der Waals surface area contributed by atoms with Crippen molar-refractivity contribution >= 4 is 39.4 Å². The van der Waals surface area contributed by atoms with Gasteiger partial charge in [-0.3, -0.25) is 9.69 Å². The van der Waals surface area contributed by atoms with Crippen molar-refractivity contribution in [1.82, 2.24) is 14.6 Å². The molecule has 1 aromatic heterocycles. The highest BCUT2D eigenvalue weighted by Crippen LogP contribution is 2.32. The lowest BCUT2D eigenvalue weighted by atomic mass is 9.78. The molecular weight excluding hydrogens is 468 g/mol. The monoisotopic (exact) mass is 504 g/mol. The van der Waals surface area contributed by atoms with Crippen LogP contribution in [0.25, 0.3) is 16.2 Å². The van der Waals surface area contributed by atoms with Crippen LogP contribution in [0, 0.1) is 11.8 Å². The third-order valence-corrected chi connectivity index (χ3v) is 8.49. The van der Waals surface area contributed by atoms with Crippen molar-refractivity contribution in [2.45, 2.75) is 25.7 Å². The standard InChI is InChI=1S/C29H36N4O2S/c1-35-25-13-10-22(11-14-25)12-15-28(34)30-20-23-6-2-3-7-24(23)21-32-16-18-33(19-17-32)29-26-8-4-5-9-27(26)36-31-29/h4-5,8-15,23-24H,2-3,6-7,16-21H2,1H3,(H,30,34)/t23-,24-/m1/s1. The Balaban J connectivity index is 1.10. The molecule has 0 spiro atoms. The van der Waals surface area contributed by atoms with Gasteiger partial charge in [0.1, 0.15) is 11.6 Å². The smallest absolute Gasteiger partial charge is 0.244 e. The first-order valence-corrected chi connectivity index (χ1v) is 13.9. The maximum atomic E-state index is 12.5. The number of amides is 1. The van der Waals surface area contributed by atoms with Crippen molar-refractivity contribution < 1.29 is 9.53 Å². The number of hydrogen-bond donors (Lipinski definition) is 1. The second-order valence-corrected chi connectivity index (χ2v) is 10.8. The Hall–Kier alpha value is -2.90. The van der Waals surface area contributed by atoms with E-state index in [0.717, 1.165) is 56.4 Å². The van der Waals surface area contributed by atoms with Gasteiger partial charge in [-0.1, -0.05) is 37.1 Å². The predicted molar refractivity (Wildman–Crippen MR) is 149 cm³/mol. The van der Waals surface area contributed by atoms with E-state index in [0.29, 0.717) is 11.8 Å². The van der Waals surface area contributed by atoms with Gasteiger partial charge >= 0.3 is 0 Å². The van der Waals surface area contributed by atoms with Gasteiger partial charge in [0.05, 0.1) is 11.8 Å². The van der Waals surface area contributed by atoms with Crippen LogP contribution in [-0.2, 0) is 4.79 Å². The molecule has 6 nitrogen and oxygen atoms in total. The minimum Gasteiger partial charge on any atom is -0.497 e. The molecule has 36 heavy (non-hydrogen) atoms. The van der Waals surface area contributed by atoms with Gasteiger partial charge in [0.15, 0.2) is 0 Å². The lowest BCUT2D eigenvalue weighted by molar-refractivity contribution is -0.116. The number of carbonyl (C=O) groups excluding carboxylic acids is 1. The summed E-state index contributed by atoms with van der Waals surface area (Å²) in [5.41, 5.74) is 0.992. The van der Waals surface area contributed by atoms with Crippen LogP contribution in [0.5, 0.6) is 5.75 Å². The first kappa shape index (κ1) is 24.8. The Morgan fingerprint density at radius 1 is 1.06 bits per heavy atom. The molecule has 1 saturated carbocycles. The Bertz CT molecular complexity index is 1170. The molecule has 2 heterocycles. The molecule has 1 aliphatic carbocycles. The molecule has 7 heteroatoms. The largest absolute Gasteiger partial charge is 0.497 e. The Morgan fingerprint density at radius 2 is 1.81 bits per heavy atom. The molecular formula is C29H36N4O2S. The lowest BCUT2D eigenvalue weighted by Crippen LogP contribution is -2.49. The van der Waals surface area contributed by atoms with Crippen molar-refractivity contribution in [3.8, 4) is 5.75 Å². The van der Waals surface area contributed by atoms with E-state index in [9.17, 15) is 4.79 Å². The fourth-order valence-corrected chi connectivity index (χ4v) is 6.34. The Morgan fingerprint density at radius 3 is 2.58 bits per heavy atom. The zero-order chi connectivity index (χ0) is 24.7. The molecule has 2 aliphatic rings. The average Bonchev–Trinajstić information content (AvgIpc) is 3.36. The third kappa shape index (κ3) is 6.08. The van der Waals surface area contributed by atoms with E-state index in [4.69, 9.17) is 9.11 Å². The molecule has 1 aliphatic heterocycles. The fourth-order valence-electron chi connectivity index (χ4n) is 5.55. The number of hydrogen-bond acceptors (Lipinski definition) is 6. The number of benzene rings is 2. The summed E-state index contributed by atoms with van der Waals surface area (Å²) >= 11 is 1.60. The molecule has 2 aromatic carbocycles. The molecule has 190 valence electrons. The van der Waals surface area contributed by atoms with E-state index in [2.05, 4.69) is 39.4 Å². The van der Waals surface area contributed by atoms with Gasteiger partial charge in [0.25, 0.3) is 0 Å². The predicted octanol–water partition coefficient (Wildman–Crippen LogP) is 5.06. The zero-order valence-electron chi connectivity index (χ0n) is 21.1. The van der Waals surface area contributed by atoms with Gasteiger partial charge in [-0.05, 0) is 72.1 Å². The molecule has 2 fully saturated rings. The number of anilines is 1. The van der Waals surface area contributed by atoms with Crippen molar-refractivity contribution in [2.75, 3.05) is 51.3 Å².